The molecule has 9 heteroatoms. The Morgan fingerprint density at radius 2 is 1.72 bits per heavy atom. The van der Waals surface area contributed by atoms with Gasteiger partial charge in [0, 0.05) is 10.9 Å². The number of nitrogens with zero attached hydrogens (tertiary/aromatic N) is 2. The number of hydrogen-bond acceptors (Lipinski definition) is 8. The molecule has 0 bridgehead atoms. The van der Waals surface area contributed by atoms with E-state index in [0.717, 1.165) is 16.3 Å². The maximum absolute atomic E-state index is 14.1. The zero-order chi connectivity index (χ0) is 27.7. The van der Waals surface area contributed by atoms with Gasteiger partial charge in [0.15, 0.2) is 4.80 Å². The van der Waals surface area contributed by atoms with E-state index in [4.69, 9.17) is 18.9 Å². The Morgan fingerprint density at radius 3 is 2.41 bits per heavy atom. The second-order valence-corrected chi connectivity index (χ2v) is 9.82. The highest BCUT2D eigenvalue weighted by Gasteiger charge is 2.34. The molecule has 0 aliphatic carbocycles. The van der Waals surface area contributed by atoms with Crippen LogP contribution in [-0.4, -0.2) is 38.5 Å². The van der Waals surface area contributed by atoms with Gasteiger partial charge in [0.25, 0.3) is 5.56 Å². The highest BCUT2D eigenvalue weighted by molar-refractivity contribution is 7.07. The lowest BCUT2D eigenvalue weighted by Crippen LogP contribution is -2.40. The Bertz CT molecular complexity index is 1800. The molecular weight excluding hydrogens is 516 g/mol. The number of hydrogen-bond donors (Lipinski definition) is 0. The van der Waals surface area contributed by atoms with Crippen molar-refractivity contribution < 1.29 is 23.7 Å². The van der Waals surface area contributed by atoms with Gasteiger partial charge in [-0.3, -0.25) is 9.36 Å². The summed E-state index contributed by atoms with van der Waals surface area (Å²) in [5.74, 6) is 1.43. The SMILES string of the molecule is CCOC(=O)C1=C(C)N=c2sc(=Cc3cc(OC)ccc3OC)c(=O)n2[C@H]1c1ccc(OC)c2ccccc12. The van der Waals surface area contributed by atoms with Crippen molar-refractivity contribution in [2.24, 2.45) is 4.99 Å². The molecule has 0 amide bonds. The minimum absolute atomic E-state index is 0.200. The third-order valence-corrected chi connectivity index (χ3v) is 7.66. The van der Waals surface area contributed by atoms with Gasteiger partial charge < -0.3 is 18.9 Å². The Morgan fingerprint density at radius 1 is 1.00 bits per heavy atom. The summed E-state index contributed by atoms with van der Waals surface area (Å²) < 4.78 is 23.9. The smallest absolute Gasteiger partial charge is 0.338 e. The van der Waals surface area contributed by atoms with Crippen molar-refractivity contribution in [1.29, 1.82) is 0 Å². The summed E-state index contributed by atoms with van der Waals surface area (Å²) in [7, 11) is 4.77. The number of esters is 1. The zero-order valence-electron chi connectivity index (χ0n) is 22.3. The first-order chi connectivity index (χ1) is 18.9. The van der Waals surface area contributed by atoms with Crippen molar-refractivity contribution in [1.82, 2.24) is 4.57 Å². The van der Waals surface area contributed by atoms with Crippen LogP contribution in [0.3, 0.4) is 0 Å². The predicted molar refractivity (Wildman–Crippen MR) is 150 cm³/mol. The van der Waals surface area contributed by atoms with Crippen molar-refractivity contribution in [3.63, 3.8) is 0 Å². The minimum atomic E-state index is -0.745. The molecule has 4 aromatic rings. The van der Waals surface area contributed by atoms with E-state index in [0.29, 0.717) is 43.4 Å². The molecule has 0 N–H and O–H groups in total. The van der Waals surface area contributed by atoms with Crippen LogP contribution in [-0.2, 0) is 9.53 Å². The number of methoxy groups -OCH3 is 3. The molecule has 3 aromatic carbocycles. The van der Waals surface area contributed by atoms with Gasteiger partial charge in [-0.2, -0.15) is 0 Å². The molecule has 5 rings (SSSR count). The van der Waals surface area contributed by atoms with Gasteiger partial charge in [-0.1, -0.05) is 41.7 Å². The van der Waals surface area contributed by atoms with Crippen LogP contribution in [0.4, 0.5) is 0 Å². The molecule has 1 atom stereocenters. The molecule has 200 valence electrons. The normalized spacial score (nSPS) is 15.1. The van der Waals surface area contributed by atoms with E-state index in [9.17, 15) is 9.59 Å². The standard InChI is InChI=1S/C30H28N2O6S/c1-6-38-29(34)26-17(2)31-30-32(27(26)22-12-14-24(37-5)21-10-8-7-9-20(21)22)28(33)25(39-30)16-18-15-19(35-3)11-13-23(18)36-4/h7-16,27H,6H2,1-5H3/t27-/m0/s1. The molecule has 0 spiro atoms. The largest absolute Gasteiger partial charge is 0.497 e. The summed E-state index contributed by atoms with van der Waals surface area (Å²) in [6.45, 7) is 3.72. The van der Waals surface area contributed by atoms with E-state index in [-0.39, 0.29) is 12.2 Å². The minimum Gasteiger partial charge on any atom is -0.497 e. The van der Waals surface area contributed by atoms with Crippen LogP contribution in [0.5, 0.6) is 17.2 Å². The number of carbonyl (C=O) groups excluding carboxylic acids is 1. The Labute approximate surface area is 229 Å². The topological polar surface area (TPSA) is 88.4 Å². The second kappa shape index (κ2) is 10.8. The molecule has 0 saturated heterocycles. The third kappa shape index (κ3) is 4.59. The van der Waals surface area contributed by atoms with Crippen LogP contribution >= 0.6 is 11.3 Å². The van der Waals surface area contributed by atoms with Gasteiger partial charge in [0.1, 0.15) is 17.2 Å². The molecule has 8 nitrogen and oxygen atoms in total. The second-order valence-electron chi connectivity index (χ2n) is 8.81. The number of ether oxygens (including phenoxy) is 4. The van der Waals surface area contributed by atoms with Gasteiger partial charge in [0.05, 0.1) is 49.8 Å². The van der Waals surface area contributed by atoms with Crippen molar-refractivity contribution in [3.05, 3.63) is 96.7 Å². The highest BCUT2D eigenvalue weighted by Crippen LogP contribution is 2.38. The van der Waals surface area contributed by atoms with Gasteiger partial charge in [-0.05, 0) is 55.1 Å². The lowest BCUT2D eigenvalue weighted by Gasteiger charge is -2.26. The fourth-order valence-electron chi connectivity index (χ4n) is 4.89. The molecular formula is C30H28N2O6S. The summed E-state index contributed by atoms with van der Waals surface area (Å²) in [5, 5.41) is 1.74. The summed E-state index contributed by atoms with van der Waals surface area (Å²) in [6, 6.07) is 16.2. The van der Waals surface area contributed by atoms with E-state index in [2.05, 4.69) is 4.99 Å². The molecule has 0 unspecified atom stereocenters. The molecule has 0 saturated carbocycles. The van der Waals surface area contributed by atoms with Gasteiger partial charge in [0.2, 0.25) is 0 Å². The lowest BCUT2D eigenvalue weighted by atomic mass is 9.91. The number of rotatable bonds is 7. The van der Waals surface area contributed by atoms with Crippen LogP contribution < -0.4 is 29.1 Å². The zero-order valence-corrected chi connectivity index (χ0v) is 23.1. The number of fused-ring (bicyclic) bond motifs is 2. The first kappa shape index (κ1) is 26.2. The third-order valence-electron chi connectivity index (χ3n) is 6.67. The van der Waals surface area contributed by atoms with Crippen molar-refractivity contribution in [2.75, 3.05) is 27.9 Å². The highest BCUT2D eigenvalue weighted by atomic mass is 32.1. The first-order valence-electron chi connectivity index (χ1n) is 12.4. The van der Waals surface area contributed by atoms with Crippen LogP contribution in [0.2, 0.25) is 0 Å². The maximum atomic E-state index is 14.1. The number of allylic oxidation sites excluding steroid dienone is 1. The molecule has 39 heavy (non-hydrogen) atoms. The summed E-state index contributed by atoms with van der Waals surface area (Å²) in [5.41, 5.74) is 2.02. The average molecular weight is 545 g/mol. The summed E-state index contributed by atoms with van der Waals surface area (Å²) in [4.78, 5) is 32.5. The van der Waals surface area contributed by atoms with Crippen molar-refractivity contribution in [2.45, 2.75) is 19.9 Å². The molecule has 0 radical (unpaired) electrons. The Hall–Kier alpha value is -4.37. The molecule has 1 aliphatic heterocycles. The molecule has 1 aliphatic rings. The van der Waals surface area contributed by atoms with Crippen LogP contribution in [0.15, 0.2) is 75.7 Å². The number of thiazole rings is 1. The van der Waals surface area contributed by atoms with E-state index < -0.39 is 12.0 Å². The van der Waals surface area contributed by atoms with Crippen LogP contribution in [0.25, 0.3) is 16.8 Å². The van der Waals surface area contributed by atoms with Crippen LogP contribution in [0, 0.1) is 0 Å². The fourth-order valence-corrected chi connectivity index (χ4v) is 5.93. The van der Waals surface area contributed by atoms with E-state index in [1.54, 1.807) is 64.0 Å². The van der Waals surface area contributed by atoms with E-state index >= 15 is 0 Å². The Kier molecular flexibility index (Phi) is 7.26. The van der Waals surface area contributed by atoms with Crippen molar-refractivity contribution in [3.8, 4) is 17.2 Å². The monoisotopic (exact) mass is 544 g/mol. The molecule has 1 aromatic heterocycles. The number of carbonyl (C=O) groups is 1. The van der Waals surface area contributed by atoms with Gasteiger partial charge in [-0.25, -0.2) is 9.79 Å². The predicted octanol–water partition coefficient (Wildman–Crippen LogP) is 3.98. The summed E-state index contributed by atoms with van der Waals surface area (Å²) >= 11 is 1.25. The maximum Gasteiger partial charge on any atom is 0.338 e. The molecule has 2 heterocycles. The number of aromatic nitrogens is 1. The summed E-state index contributed by atoms with van der Waals surface area (Å²) in [6.07, 6.45) is 1.76. The lowest BCUT2D eigenvalue weighted by molar-refractivity contribution is -0.139. The first-order valence-corrected chi connectivity index (χ1v) is 13.2. The van der Waals surface area contributed by atoms with Gasteiger partial charge >= 0.3 is 5.97 Å². The van der Waals surface area contributed by atoms with E-state index in [1.807, 2.05) is 36.4 Å². The number of benzene rings is 3. The fraction of sp³-hybridized carbons (Fsp3) is 0.233. The van der Waals surface area contributed by atoms with E-state index in [1.165, 1.54) is 11.3 Å². The quantitative estimate of drug-likeness (QED) is 0.327. The Balaban J connectivity index is 1.81. The molecule has 0 fully saturated rings. The van der Waals surface area contributed by atoms with Gasteiger partial charge in [-0.15, -0.1) is 0 Å². The average Bonchev–Trinajstić information content (AvgIpc) is 3.25. The van der Waals surface area contributed by atoms with Crippen LogP contribution in [0.1, 0.15) is 31.0 Å². The van der Waals surface area contributed by atoms with Crippen molar-refractivity contribution >= 4 is 34.2 Å².